The third-order valence-electron chi connectivity index (χ3n) is 8.39. The average molecular weight is 545 g/mol. The summed E-state index contributed by atoms with van der Waals surface area (Å²) in [5, 5.41) is 0. The Labute approximate surface area is 228 Å². The Hall–Kier alpha value is -3.07. The zero-order valence-electron chi connectivity index (χ0n) is 23.2. The highest BCUT2D eigenvalue weighted by Crippen LogP contribution is 2.40. The molecule has 6 nitrogen and oxygen atoms in total. The smallest absolute Gasteiger partial charge is 0.314 e. The summed E-state index contributed by atoms with van der Waals surface area (Å²) in [6, 6.07) is 7.87. The fourth-order valence-electron chi connectivity index (χ4n) is 5.95. The molecule has 0 aromatic heterocycles. The molecule has 0 spiro atoms. The number of likely N-dealkylation sites (tertiary alicyclic amines) is 2. The molecule has 0 aliphatic carbocycles. The maximum atomic E-state index is 14.8. The second kappa shape index (κ2) is 11.6. The van der Waals surface area contributed by atoms with Crippen molar-refractivity contribution in [1.82, 2.24) is 14.7 Å². The third kappa shape index (κ3) is 6.57. The molecule has 3 amide bonds. The molecule has 2 aliphatic heterocycles. The molecule has 2 unspecified atom stereocenters. The zero-order valence-corrected chi connectivity index (χ0v) is 23.2. The van der Waals surface area contributed by atoms with E-state index in [1.165, 1.54) is 29.2 Å². The maximum absolute atomic E-state index is 14.8. The number of piperidine rings is 1. The first-order valence-electron chi connectivity index (χ1n) is 13.6. The molecule has 2 aliphatic rings. The van der Waals surface area contributed by atoms with Crippen molar-refractivity contribution >= 4 is 11.9 Å². The fraction of sp³-hybridized carbons (Fsp3) is 0.533. The van der Waals surface area contributed by atoms with Crippen LogP contribution in [0.25, 0.3) is 0 Å². The number of rotatable bonds is 6. The highest BCUT2D eigenvalue weighted by atomic mass is 19.1. The lowest BCUT2D eigenvalue weighted by Crippen LogP contribution is -2.44. The molecule has 2 aromatic carbocycles. The first-order valence-corrected chi connectivity index (χ1v) is 13.6. The summed E-state index contributed by atoms with van der Waals surface area (Å²) in [6.07, 6.45) is 1.93. The number of carbonyl (C=O) groups is 2. The summed E-state index contributed by atoms with van der Waals surface area (Å²) in [4.78, 5) is 30.7. The van der Waals surface area contributed by atoms with E-state index in [2.05, 4.69) is 25.7 Å². The number of nitrogens with zero attached hydrogens (tertiary/aromatic N) is 3. The monoisotopic (exact) mass is 544 g/mol. The van der Waals surface area contributed by atoms with E-state index in [1.54, 1.807) is 7.05 Å². The van der Waals surface area contributed by atoms with Crippen molar-refractivity contribution in [3.8, 4) is 0 Å². The first-order chi connectivity index (χ1) is 18.3. The van der Waals surface area contributed by atoms with Gasteiger partial charge < -0.3 is 15.5 Å². The van der Waals surface area contributed by atoms with Crippen molar-refractivity contribution in [2.75, 3.05) is 39.8 Å². The van der Waals surface area contributed by atoms with E-state index in [-0.39, 0.29) is 29.1 Å². The summed E-state index contributed by atoms with van der Waals surface area (Å²) >= 11 is 0. The van der Waals surface area contributed by atoms with Gasteiger partial charge in [-0.3, -0.25) is 9.69 Å². The van der Waals surface area contributed by atoms with Crippen molar-refractivity contribution in [3.63, 3.8) is 0 Å². The van der Waals surface area contributed by atoms with Crippen LogP contribution in [0.15, 0.2) is 36.4 Å². The van der Waals surface area contributed by atoms with Crippen LogP contribution >= 0.6 is 0 Å². The number of carbonyl (C=O) groups excluding carboxylic acids is 2. The van der Waals surface area contributed by atoms with Crippen LogP contribution in [0.1, 0.15) is 62.1 Å². The Bertz CT molecular complexity index is 1210. The number of hydrogen-bond donors (Lipinski definition) is 1. The predicted octanol–water partition coefficient (Wildman–Crippen LogP) is 4.88. The minimum Gasteiger partial charge on any atom is -0.351 e. The normalized spacial score (nSPS) is 20.8. The van der Waals surface area contributed by atoms with E-state index >= 15 is 0 Å². The molecule has 2 fully saturated rings. The van der Waals surface area contributed by atoms with Crippen molar-refractivity contribution in [2.45, 2.75) is 57.4 Å². The van der Waals surface area contributed by atoms with Crippen LogP contribution in [0.2, 0.25) is 0 Å². The number of amides is 3. The van der Waals surface area contributed by atoms with Gasteiger partial charge in [0.2, 0.25) is 5.91 Å². The van der Waals surface area contributed by atoms with E-state index < -0.39 is 23.6 Å². The number of halogens is 3. The number of urea groups is 1. The summed E-state index contributed by atoms with van der Waals surface area (Å²) in [5.41, 5.74) is 7.40. The molecule has 2 aromatic rings. The van der Waals surface area contributed by atoms with E-state index in [0.29, 0.717) is 44.7 Å². The Morgan fingerprint density at radius 1 is 0.974 bits per heavy atom. The van der Waals surface area contributed by atoms with Crippen LogP contribution in [0.3, 0.4) is 0 Å². The molecule has 2 saturated heterocycles. The van der Waals surface area contributed by atoms with Crippen LogP contribution < -0.4 is 5.73 Å². The van der Waals surface area contributed by atoms with Gasteiger partial charge in [-0.1, -0.05) is 12.1 Å². The summed E-state index contributed by atoms with van der Waals surface area (Å²) in [6.45, 7) is 8.74. The summed E-state index contributed by atoms with van der Waals surface area (Å²) in [5.74, 6) is -2.20. The van der Waals surface area contributed by atoms with Gasteiger partial charge in [0.05, 0.1) is 5.92 Å². The van der Waals surface area contributed by atoms with Crippen molar-refractivity contribution in [2.24, 2.45) is 11.7 Å². The SMILES string of the molecule is CN(CCc1cc(F)ccc1C1CCN(C(=O)C2CN(C(C)(C)C)CC2c2ccc(F)cc2F)CC1)C(N)=O. The van der Waals surface area contributed by atoms with Gasteiger partial charge in [-0.2, -0.15) is 0 Å². The lowest BCUT2D eigenvalue weighted by atomic mass is 9.84. The minimum absolute atomic E-state index is 0.00339. The molecular formula is C30H39F3N4O2. The lowest BCUT2D eigenvalue weighted by Gasteiger charge is -2.36. The van der Waals surface area contributed by atoms with Crippen molar-refractivity contribution in [3.05, 3.63) is 70.5 Å². The van der Waals surface area contributed by atoms with Gasteiger partial charge in [0.1, 0.15) is 17.5 Å². The molecule has 0 bridgehead atoms. The lowest BCUT2D eigenvalue weighted by molar-refractivity contribution is -0.136. The minimum atomic E-state index is -0.631. The number of benzene rings is 2. The molecule has 2 atom stereocenters. The molecule has 9 heteroatoms. The Morgan fingerprint density at radius 2 is 1.59 bits per heavy atom. The van der Waals surface area contributed by atoms with Crippen molar-refractivity contribution < 1.29 is 22.8 Å². The first kappa shape index (κ1) is 28.9. The van der Waals surface area contributed by atoms with Crippen LogP contribution in [0.4, 0.5) is 18.0 Å². The Balaban J connectivity index is 1.48. The number of nitrogens with two attached hydrogens (primary N) is 1. The quantitative estimate of drug-likeness (QED) is 0.564. The van der Waals surface area contributed by atoms with E-state index in [0.717, 1.165) is 30.0 Å². The van der Waals surface area contributed by atoms with Gasteiger partial charge in [-0.15, -0.1) is 0 Å². The maximum Gasteiger partial charge on any atom is 0.314 e. The molecule has 0 saturated carbocycles. The highest BCUT2D eigenvalue weighted by molar-refractivity contribution is 5.81. The topological polar surface area (TPSA) is 69.9 Å². The highest BCUT2D eigenvalue weighted by Gasteiger charge is 2.44. The third-order valence-corrected chi connectivity index (χ3v) is 8.39. The molecule has 39 heavy (non-hydrogen) atoms. The Morgan fingerprint density at radius 3 is 2.18 bits per heavy atom. The second-order valence-electron chi connectivity index (χ2n) is 11.9. The summed E-state index contributed by atoms with van der Waals surface area (Å²) < 4.78 is 42.5. The van der Waals surface area contributed by atoms with Gasteiger partial charge in [0.15, 0.2) is 0 Å². The number of hydrogen-bond acceptors (Lipinski definition) is 3. The van der Waals surface area contributed by atoms with Gasteiger partial charge in [-0.25, -0.2) is 18.0 Å². The van der Waals surface area contributed by atoms with Gasteiger partial charge in [-0.05, 0) is 80.8 Å². The van der Waals surface area contributed by atoms with E-state index in [1.807, 2.05) is 11.0 Å². The van der Waals surface area contributed by atoms with Crippen LogP contribution in [0.5, 0.6) is 0 Å². The van der Waals surface area contributed by atoms with E-state index in [4.69, 9.17) is 5.73 Å². The summed E-state index contributed by atoms with van der Waals surface area (Å²) in [7, 11) is 1.61. The molecule has 2 heterocycles. The van der Waals surface area contributed by atoms with Gasteiger partial charge >= 0.3 is 6.03 Å². The predicted molar refractivity (Wildman–Crippen MR) is 145 cm³/mol. The second-order valence-corrected chi connectivity index (χ2v) is 11.9. The molecule has 2 N–H and O–H groups in total. The van der Waals surface area contributed by atoms with Crippen molar-refractivity contribution in [1.29, 1.82) is 0 Å². The van der Waals surface area contributed by atoms with E-state index in [9.17, 15) is 22.8 Å². The van der Waals surface area contributed by atoms with Gasteiger partial charge in [0.25, 0.3) is 0 Å². The van der Waals surface area contributed by atoms with Crippen LogP contribution in [-0.4, -0.2) is 71.9 Å². The standard InChI is InChI=1S/C30H39F3N4O2/c1-30(2,3)37-17-25(24-8-6-22(32)16-27(24)33)26(18-37)28(38)36-13-10-19(11-14-36)23-7-5-21(31)15-20(23)9-12-35(4)29(34)39/h5-8,15-16,19,25-26H,9-14,17-18H2,1-4H3,(H2,34,39). The van der Waals surface area contributed by atoms with Crippen LogP contribution in [0, 0.1) is 23.4 Å². The molecular weight excluding hydrogens is 505 g/mol. The molecule has 4 rings (SSSR count). The number of primary amides is 1. The molecule has 212 valence electrons. The van der Waals surface area contributed by atoms with Crippen LogP contribution in [-0.2, 0) is 11.2 Å². The Kier molecular flexibility index (Phi) is 8.59. The average Bonchev–Trinajstić information content (AvgIpc) is 3.33. The largest absolute Gasteiger partial charge is 0.351 e. The molecule has 0 radical (unpaired) electrons. The number of likely N-dealkylation sites (N-methyl/N-ethyl adjacent to an activating group) is 1. The zero-order chi connectivity index (χ0) is 28.5. The van der Waals surface area contributed by atoms with Gasteiger partial charge in [0, 0.05) is 57.3 Å². The fourth-order valence-corrected chi connectivity index (χ4v) is 5.95.